The highest BCUT2D eigenvalue weighted by atomic mass is 16.1. The molecule has 0 N–H and O–H groups in total. The van der Waals surface area contributed by atoms with Crippen LogP contribution in [0.15, 0.2) is 328 Å². The zero-order valence-electron chi connectivity index (χ0n) is 52.9. The van der Waals surface area contributed by atoms with Crippen molar-refractivity contribution in [2.24, 2.45) is 0 Å². The summed E-state index contributed by atoms with van der Waals surface area (Å²) in [6, 6.07) is 116. The fraction of sp³-hybridized carbons (Fsp3) is 0.0667. The molecule has 0 spiro atoms. The van der Waals surface area contributed by atoms with Gasteiger partial charge in [0, 0.05) is 44.5 Å². The summed E-state index contributed by atoms with van der Waals surface area (Å²) >= 11 is 0. The SMILES string of the molecule is CC1(C)c2ccccc2N(c2cccc(-c3ccc(-c4cccc(-c5ccc(C(=O)c6ccccc6)cc5)c4)c4c(-c5cccc(N6c7ccccc7C(C)(C)c7ccccc76)c5)ccc(-c5cccc(-c6ccc(C(=O)c7ccccc7)cc6)c5)c34)c2)c2ccccc21. The van der Waals surface area contributed by atoms with Gasteiger partial charge in [-0.3, -0.25) is 9.59 Å². The van der Waals surface area contributed by atoms with Crippen LogP contribution in [-0.2, 0) is 10.8 Å². The van der Waals surface area contributed by atoms with Gasteiger partial charge in [-0.05, 0) is 160 Å². The summed E-state index contributed by atoms with van der Waals surface area (Å²) in [5.41, 5.74) is 26.9. The Balaban J connectivity index is 0.929. The number of carbonyl (C=O) groups excluding carboxylic acids is 2. The Morgan fingerprint density at radius 1 is 0.234 bits per heavy atom. The molecule has 2 heterocycles. The van der Waals surface area contributed by atoms with E-state index in [1.165, 1.54) is 45.0 Å². The lowest BCUT2D eigenvalue weighted by Gasteiger charge is -2.42. The number of para-hydroxylation sites is 4. The molecule has 0 atom stereocenters. The molecular formula is C90H66N2O2. The predicted octanol–water partition coefficient (Wildman–Crippen LogP) is 23.5. The van der Waals surface area contributed by atoms with E-state index in [9.17, 15) is 9.59 Å². The van der Waals surface area contributed by atoms with Crippen LogP contribution in [0.1, 0.15) is 81.8 Å². The Hall–Kier alpha value is -11.7. The normalized spacial score (nSPS) is 13.3. The van der Waals surface area contributed by atoms with E-state index in [2.05, 4.69) is 280 Å². The van der Waals surface area contributed by atoms with Crippen LogP contribution in [0.4, 0.5) is 34.1 Å². The number of anilines is 6. The first-order valence-corrected chi connectivity index (χ1v) is 32.4. The van der Waals surface area contributed by atoms with Crippen molar-refractivity contribution in [2.45, 2.75) is 38.5 Å². The van der Waals surface area contributed by atoms with Crippen LogP contribution in [0, 0.1) is 0 Å². The number of benzene rings is 14. The standard InChI is InChI=1S/C90H66N2O2/c1-89(2)77-35-11-15-39-81(77)91(82-40-16-12-36-78(82)89)71-33-21-31-69(57-71)75-53-51-74(68-30-20-28-66(56-68)60-45-49-64(50-46-60)88(94)62-25-9-6-10-26-62)86-76(70-32-22-34-72(58-70)92-83-41-17-13-37-79(83)90(3,4)80-38-14-18-42-84(80)92)54-52-73(85(75)86)67-29-19-27-65(55-67)59-43-47-63(48-44-59)87(93)61-23-7-5-8-24-61/h5-58H,1-4H3. The van der Waals surface area contributed by atoms with E-state index in [4.69, 9.17) is 0 Å². The molecule has 0 fully saturated rings. The van der Waals surface area contributed by atoms with Gasteiger partial charge >= 0.3 is 0 Å². The van der Waals surface area contributed by atoms with Crippen LogP contribution in [0.25, 0.3) is 77.5 Å². The fourth-order valence-electron chi connectivity index (χ4n) is 14.9. The summed E-state index contributed by atoms with van der Waals surface area (Å²) in [6.45, 7) is 9.35. The van der Waals surface area contributed by atoms with Crippen molar-refractivity contribution < 1.29 is 9.59 Å². The van der Waals surface area contributed by atoms with Crippen LogP contribution < -0.4 is 9.80 Å². The van der Waals surface area contributed by atoms with Crippen LogP contribution in [0.5, 0.6) is 0 Å². The van der Waals surface area contributed by atoms with Crippen LogP contribution in [-0.4, -0.2) is 11.6 Å². The highest BCUT2D eigenvalue weighted by Gasteiger charge is 2.38. The summed E-state index contributed by atoms with van der Waals surface area (Å²) in [7, 11) is 0. The average molecular weight is 1210 g/mol. The third-order valence-electron chi connectivity index (χ3n) is 19.6. The van der Waals surface area contributed by atoms with Crippen molar-refractivity contribution >= 4 is 56.5 Å². The molecule has 16 rings (SSSR count). The molecule has 4 heteroatoms. The van der Waals surface area contributed by atoms with E-state index in [0.29, 0.717) is 22.3 Å². The molecular weight excluding hydrogens is 1140 g/mol. The Kier molecular flexibility index (Phi) is 14.2. The van der Waals surface area contributed by atoms with E-state index in [-0.39, 0.29) is 22.4 Å². The molecule has 0 saturated carbocycles. The molecule has 0 aromatic heterocycles. The Labute approximate surface area is 550 Å². The third kappa shape index (κ3) is 9.85. The van der Waals surface area contributed by atoms with E-state index >= 15 is 0 Å². The zero-order valence-corrected chi connectivity index (χ0v) is 52.9. The molecule has 0 amide bonds. The second-order valence-electron chi connectivity index (χ2n) is 25.9. The van der Waals surface area contributed by atoms with Crippen molar-refractivity contribution in [3.05, 3.63) is 372 Å². The van der Waals surface area contributed by atoms with E-state index < -0.39 is 0 Å². The molecule has 14 aromatic carbocycles. The lowest BCUT2D eigenvalue weighted by Crippen LogP contribution is -2.30. The quantitative estimate of drug-likeness (QED) is 0.114. The van der Waals surface area contributed by atoms with Crippen LogP contribution >= 0.6 is 0 Å². The number of rotatable bonds is 12. The monoisotopic (exact) mass is 1210 g/mol. The highest BCUT2D eigenvalue weighted by Crippen LogP contribution is 2.55. The van der Waals surface area contributed by atoms with Gasteiger partial charge in [0.1, 0.15) is 0 Å². The number of hydrogen-bond donors (Lipinski definition) is 0. The molecule has 14 aromatic rings. The summed E-state index contributed by atoms with van der Waals surface area (Å²) < 4.78 is 0. The molecule has 0 bridgehead atoms. The summed E-state index contributed by atoms with van der Waals surface area (Å²) in [4.78, 5) is 32.3. The maximum atomic E-state index is 13.7. The van der Waals surface area contributed by atoms with Gasteiger partial charge in [-0.1, -0.05) is 295 Å². The molecule has 4 nitrogen and oxygen atoms in total. The van der Waals surface area contributed by atoms with Gasteiger partial charge in [0.05, 0.1) is 22.7 Å². The number of carbonyl (C=O) groups is 2. The molecule has 0 saturated heterocycles. The Bertz CT molecular complexity index is 4860. The first-order chi connectivity index (χ1) is 46.0. The van der Waals surface area contributed by atoms with Gasteiger partial charge in [0.15, 0.2) is 11.6 Å². The van der Waals surface area contributed by atoms with Gasteiger partial charge in [-0.2, -0.15) is 0 Å². The Morgan fingerprint density at radius 2 is 0.500 bits per heavy atom. The van der Waals surface area contributed by atoms with Gasteiger partial charge in [0.2, 0.25) is 0 Å². The molecule has 2 aliphatic rings. The Morgan fingerprint density at radius 3 is 0.830 bits per heavy atom. The molecule has 0 radical (unpaired) electrons. The lowest BCUT2D eigenvalue weighted by molar-refractivity contribution is 0.103. The van der Waals surface area contributed by atoms with Crippen molar-refractivity contribution in [1.82, 2.24) is 0 Å². The third-order valence-corrected chi connectivity index (χ3v) is 19.6. The van der Waals surface area contributed by atoms with E-state index in [1.807, 2.05) is 84.9 Å². The molecule has 94 heavy (non-hydrogen) atoms. The highest BCUT2D eigenvalue weighted by molar-refractivity contribution is 6.18. The van der Waals surface area contributed by atoms with Crippen LogP contribution in [0.2, 0.25) is 0 Å². The summed E-state index contributed by atoms with van der Waals surface area (Å²) in [5, 5.41) is 2.23. The van der Waals surface area contributed by atoms with Gasteiger partial charge in [-0.15, -0.1) is 0 Å². The smallest absolute Gasteiger partial charge is 0.193 e. The number of ketones is 2. The fourth-order valence-corrected chi connectivity index (χ4v) is 14.9. The van der Waals surface area contributed by atoms with Crippen LogP contribution in [0.3, 0.4) is 0 Å². The first kappa shape index (κ1) is 57.4. The van der Waals surface area contributed by atoms with Crippen molar-refractivity contribution in [2.75, 3.05) is 9.80 Å². The van der Waals surface area contributed by atoms with Crippen molar-refractivity contribution in [3.8, 4) is 66.8 Å². The maximum Gasteiger partial charge on any atom is 0.193 e. The zero-order chi connectivity index (χ0) is 63.7. The molecule has 0 aliphatic carbocycles. The molecule has 2 aliphatic heterocycles. The minimum Gasteiger partial charge on any atom is -0.310 e. The number of fused-ring (bicyclic) bond motifs is 5. The predicted molar refractivity (Wildman–Crippen MR) is 390 cm³/mol. The van der Waals surface area contributed by atoms with Crippen molar-refractivity contribution in [1.29, 1.82) is 0 Å². The molecule has 0 unspecified atom stereocenters. The van der Waals surface area contributed by atoms with Gasteiger partial charge in [0.25, 0.3) is 0 Å². The number of nitrogens with zero attached hydrogens (tertiary/aromatic N) is 2. The minimum absolute atomic E-state index is 0.00350. The number of hydrogen-bond acceptors (Lipinski definition) is 4. The van der Waals surface area contributed by atoms with Gasteiger partial charge in [-0.25, -0.2) is 0 Å². The summed E-state index contributed by atoms with van der Waals surface area (Å²) in [5.74, 6) is -0.00700. The lowest BCUT2D eigenvalue weighted by atomic mass is 9.73. The largest absolute Gasteiger partial charge is 0.310 e. The first-order valence-electron chi connectivity index (χ1n) is 32.4. The maximum absolute atomic E-state index is 13.7. The second kappa shape index (κ2) is 23.2. The summed E-state index contributed by atoms with van der Waals surface area (Å²) in [6.07, 6.45) is 0. The minimum atomic E-state index is -0.217. The molecule has 448 valence electrons. The van der Waals surface area contributed by atoms with Gasteiger partial charge < -0.3 is 9.80 Å². The second-order valence-corrected chi connectivity index (χ2v) is 25.9. The van der Waals surface area contributed by atoms with E-state index in [1.54, 1.807) is 0 Å². The topological polar surface area (TPSA) is 40.6 Å². The van der Waals surface area contributed by atoms with Crippen molar-refractivity contribution in [3.63, 3.8) is 0 Å². The average Bonchev–Trinajstić information content (AvgIpc) is 0.739. The van der Waals surface area contributed by atoms with E-state index in [0.717, 1.165) is 88.9 Å².